The van der Waals surface area contributed by atoms with Crippen LogP contribution in [0.3, 0.4) is 0 Å². The van der Waals surface area contributed by atoms with Gasteiger partial charge in [0.2, 0.25) is 0 Å². The van der Waals surface area contributed by atoms with Gasteiger partial charge in [-0.2, -0.15) is 0 Å². The van der Waals surface area contributed by atoms with Crippen LogP contribution in [0.15, 0.2) is 22.7 Å². The van der Waals surface area contributed by atoms with Gasteiger partial charge in [-0.05, 0) is 54.8 Å². The fourth-order valence-corrected chi connectivity index (χ4v) is 2.72. The van der Waals surface area contributed by atoms with Gasteiger partial charge in [-0.15, -0.1) is 0 Å². The van der Waals surface area contributed by atoms with E-state index in [1.807, 2.05) is 0 Å². The Morgan fingerprint density at radius 2 is 2.12 bits per heavy atom. The van der Waals surface area contributed by atoms with Crippen LogP contribution in [-0.4, -0.2) is 9.55 Å². The maximum absolute atomic E-state index is 4.81. The molecule has 0 N–H and O–H groups in total. The second-order valence-electron chi connectivity index (χ2n) is 4.82. The van der Waals surface area contributed by atoms with E-state index in [2.05, 4.69) is 52.5 Å². The van der Waals surface area contributed by atoms with E-state index in [1.165, 1.54) is 24.2 Å². The van der Waals surface area contributed by atoms with Gasteiger partial charge >= 0.3 is 0 Å². The Morgan fingerprint density at radius 3 is 2.75 bits per heavy atom. The lowest BCUT2D eigenvalue weighted by atomic mass is 10.3. The van der Waals surface area contributed by atoms with Crippen LogP contribution in [0.25, 0.3) is 11.0 Å². The molecule has 1 fully saturated rings. The molecule has 0 unspecified atom stereocenters. The van der Waals surface area contributed by atoms with Crippen LogP contribution in [0.5, 0.6) is 0 Å². The molecule has 3 rings (SSSR count). The largest absolute Gasteiger partial charge is 0.325 e. The summed E-state index contributed by atoms with van der Waals surface area (Å²) in [4.78, 5) is 4.81. The third-order valence-corrected chi connectivity index (χ3v) is 3.80. The van der Waals surface area contributed by atoms with E-state index in [4.69, 9.17) is 4.98 Å². The fourth-order valence-electron chi connectivity index (χ4n) is 2.27. The number of rotatable bonds is 2. The van der Waals surface area contributed by atoms with E-state index < -0.39 is 0 Å². The molecule has 1 aliphatic carbocycles. The number of aromatic nitrogens is 2. The lowest BCUT2D eigenvalue weighted by Gasteiger charge is -2.12. The molecular weight excluding hydrogens is 264 g/mol. The normalized spacial score (nSPS) is 16.2. The van der Waals surface area contributed by atoms with E-state index in [9.17, 15) is 0 Å². The number of para-hydroxylation sites is 1. The van der Waals surface area contributed by atoms with Crippen LogP contribution >= 0.6 is 15.9 Å². The molecule has 0 radical (unpaired) electrons. The molecular formula is C13H15BrN2. The Bertz CT molecular complexity index is 538. The standard InChI is InChI=1S/C13H15BrN2/c1-8(2)16-11-5-3-4-10(14)12(11)15-13(16)9-6-7-9/h3-5,8-9H,6-7H2,1-2H3. The van der Waals surface area contributed by atoms with Crippen molar-refractivity contribution in [2.24, 2.45) is 0 Å². The molecule has 1 aromatic carbocycles. The summed E-state index contributed by atoms with van der Waals surface area (Å²) in [5, 5.41) is 0. The number of hydrogen-bond acceptors (Lipinski definition) is 1. The number of hydrogen-bond donors (Lipinski definition) is 0. The molecule has 0 saturated heterocycles. The quantitative estimate of drug-likeness (QED) is 0.803. The van der Waals surface area contributed by atoms with Gasteiger partial charge in [-0.25, -0.2) is 4.98 Å². The number of benzene rings is 1. The van der Waals surface area contributed by atoms with Crippen LogP contribution in [0.4, 0.5) is 0 Å². The Balaban J connectivity index is 2.32. The third-order valence-electron chi connectivity index (χ3n) is 3.16. The first-order chi connectivity index (χ1) is 7.68. The number of imidazole rings is 1. The monoisotopic (exact) mass is 278 g/mol. The minimum absolute atomic E-state index is 0.481. The van der Waals surface area contributed by atoms with Crippen molar-refractivity contribution < 1.29 is 0 Å². The van der Waals surface area contributed by atoms with Gasteiger partial charge < -0.3 is 4.57 Å². The first kappa shape index (κ1) is 10.3. The molecule has 2 nitrogen and oxygen atoms in total. The third kappa shape index (κ3) is 1.49. The number of nitrogens with zero attached hydrogens (tertiary/aromatic N) is 2. The van der Waals surface area contributed by atoms with Gasteiger partial charge in [0, 0.05) is 16.4 Å². The van der Waals surface area contributed by atoms with Crippen LogP contribution in [0.2, 0.25) is 0 Å². The summed E-state index contributed by atoms with van der Waals surface area (Å²) >= 11 is 3.59. The lowest BCUT2D eigenvalue weighted by molar-refractivity contribution is 0.585. The summed E-state index contributed by atoms with van der Waals surface area (Å²) in [6, 6.07) is 6.80. The average Bonchev–Trinajstić information content (AvgIpc) is 2.99. The van der Waals surface area contributed by atoms with Crippen LogP contribution in [0.1, 0.15) is 44.5 Å². The first-order valence-corrected chi connectivity index (χ1v) is 6.64. The van der Waals surface area contributed by atoms with Gasteiger partial charge in [0.05, 0.1) is 5.52 Å². The Hall–Kier alpha value is -0.830. The summed E-state index contributed by atoms with van der Waals surface area (Å²) < 4.78 is 3.49. The van der Waals surface area contributed by atoms with Gasteiger partial charge in [0.25, 0.3) is 0 Å². The molecule has 0 bridgehead atoms. The van der Waals surface area contributed by atoms with E-state index in [1.54, 1.807) is 0 Å². The first-order valence-electron chi connectivity index (χ1n) is 5.85. The summed E-state index contributed by atoms with van der Waals surface area (Å²) in [5.74, 6) is 1.97. The molecule has 1 aromatic heterocycles. The van der Waals surface area contributed by atoms with Crippen molar-refractivity contribution in [3.8, 4) is 0 Å². The van der Waals surface area contributed by atoms with Crippen molar-refractivity contribution in [1.82, 2.24) is 9.55 Å². The lowest BCUT2D eigenvalue weighted by Crippen LogP contribution is -2.05. The second kappa shape index (κ2) is 3.59. The fraction of sp³-hybridized carbons (Fsp3) is 0.462. The zero-order valence-corrected chi connectivity index (χ0v) is 11.2. The van der Waals surface area contributed by atoms with Crippen molar-refractivity contribution in [3.05, 3.63) is 28.5 Å². The van der Waals surface area contributed by atoms with Crippen molar-refractivity contribution in [1.29, 1.82) is 0 Å². The topological polar surface area (TPSA) is 17.8 Å². The Kier molecular flexibility index (Phi) is 2.32. The zero-order valence-electron chi connectivity index (χ0n) is 9.57. The van der Waals surface area contributed by atoms with Gasteiger partial charge in [-0.1, -0.05) is 6.07 Å². The Labute approximate surface area is 104 Å². The molecule has 1 saturated carbocycles. The summed E-state index contributed by atoms with van der Waals surface area (Å²) in [7, 11) is 0. The molecule has 0 spiro atoms. The van der Waals surface area contributed by atoms with E-state index in [0.717, 1.165) is 9.99 Å². The van der Waals surface area contributed by atoms with Crippen LogP contribution in [-0.2, 0) is 0 Å². The van der Waals surface area contributed by atoms with Crippen LogP contribution in [0, 0.1) is 0 Å². The molecule has 1 heterocycles. The maximum atomic E-state index is 4.81. The van der Waals surface area contributed by atoms with Crippen molar-refractivity contribution >= 4 is 27.0 Å². The predicted molar refractivity (Wildman–Crippen MR) is 69.8 cm³/mol. The predicted octanol–water partition coefficient (Wildman–Crippen LogP) is 4.26. The second-order valence-corrected chi connectivity index (χ2v) is 5.67. The summed E-state index contributed by atoms with van der Waals surface area (Å²) in [5.41, 5.74) is 2.37. The van der Waals surface area contributed by atoms with Gasteiger partial charge in [0.15, 0.2) is 0 Å². The zero-order chi connectivity index (χ0) is 11.3. The minimum Gasteiger partial charge on any atom is -0.325 e. The molecule has 1 aliphatic rings. The molecule has 84 valence electrons. The number of halogens is 1. The summed E-state index contributed by atoms with van der Waals surface area (Å²) in [6.45, 7) is 4.46. The molecule has 0 atom stereocenters. The smallest absolute Gasteiger partial charge is 0.113 e. The van der Waals surface area contributed by atoms with Crippen molar-refractivity contribution in [3.63, 3.8) is 0 Å². The minimum atomic E-state index is 0.481. The van der Waals surface area contributed by atoms with Gasteiger partial charge in [-0.3, -0.25) is 0 Å². The molecule has 0 aliphatic heterocycles. The van der Waals surface area contributed by atoms with E-state index in [-0.39, 0.29) is 0 Å². The Morgan fingerprint density at radius 1 is 1.38 bits per heavy atom. The van der Waals surface area contributed by atoms with E-state index >= 15 is 0 Å². The summed E-state index contributed by atoms with van der Waals surface area (Å²) in [6.07, 6.45) is 2.60. The highest BCUT2D eigenvalue weighted by Crippen LogP contribution is 2.42. The van der Waals surface area contributed by atoms with E-state index in [0.29, 0.717) is 12.0 Å². The van der Waals surface area contributed by atoms with Crippen molar-refractivity contribution in [2.45, 2.75) is 38.6 Å². The average molecular weight is 279 g/mol. The highest BCUT2D eigenvalue weighted by molar-refractivity contribution is 9.10. The van der Waals surface area contributed by atoms with Gasteiger partial charge in [0.1, 0.15) is 11.3 Å². The molecule has 0 amide bonds. The molecule has 3 heteroatoms. The van der Waals surface area contributed by atoms with Crippen molar-refractivity contribution in [2.75, 3.05) is 0 Å². The highest BCUT2D eigenvalue weighted by Gasteiger charge is 2.30. The SMILES string of the molecule is CC(C)n1c(C2CC2)nc2c(Br)cccc21. The highest BCUT2D eigenvalue weighted by atomic mass is 79.9. The van der Waals surface area contributed by atoms with Crippen LogP contribution < -0.4 is 0 Å². The number of fused-ring (bicyclic) bond motifs is 1. The maximum Gasteiger partial charge on any atom is 0.113 e. The molecule has 2 aromatic rings. The molecule has 16 heavy (non-hydrogen) atoms.